The lowest BCUT2D eigenvalue weighted by molar-refractivity contribution is -0.137. The number of amides is 1. The maximum atomic E-state index is 12.8. The van der Waals surface area contributed by atoms with Crippen molar-refractivity contribution in [1.82, 2.24) is 0 Å². The van der Waals surface area contributed by atoms with Crippen LogP contribution in [0.3, 0.4) is 0 Å². The number of carbonyl (C=O) groups excluding carboxylic acids is 1. The lowest BCUT2D eigenvalue weighted by atomic mass is 10.1. The summed E-state index contributed by atoms with van der Waals surface area (Å²) in [5, 5.41) is 2.48. The molecule has 0 spiro atoms. The number of hydrogen-bond acceptors (Lipinski definition) is 3. The van der Waals surface area contributed by atoms with Crippen LogP contribution in [0.4, 0.5) is 18.9 Å². The van der Waals surface area contributed by atoms with E-state index in [1.807, 2.05) is 13.8 Å². The van der Waals surface area contributed by atoms with Crippen LogP contribution in [0.1, 0.15) is 25.8 Å². The van der Waals surface area contributed by atoms with Crippen LogP contribution in [0.25, 0.3) is 0 Å². The molecule has 0 aliphatic heterocycles. The van der Waals surface area contributed by atoms with E-state index in [9.17, 15) is 18.0 Å². The first-order valence-corrected chi connectivity index (χ1v) is 6.87. The summed E-state index contributed by atoms with van der Waals surface area (Å²) in [5.41, 5.74) is -0.831. The number of benzene rings is 1. The molecule has 0 radical (unpaired) electrons. The van der Waals surface area contributed by atoms with Gasteiger partial charge in [0.05, 0.1) is 17.9 Å². The number of ether oxygens (including phenoxy) is 2. The Morgan fingerprint density at radius 1 is 1.27 bits per heavy atom. The third kappa shape index (κ3) is 5.93. The average Bonchev–Trinajstić information content (AvgIpc) is 2.38. The summed E-state index contributed by atoms with van der Waals surface area (Å²) in [6, 6.07) is 2.99. The molecule has 0 aliphatic carbocycles. The normalized spacial score (nSPS) is 11.6. The molecular weight excluding hydrogens is 299 g/mol. The topological polar surface area (TPSA) is 47.6 Å². The second kappa shape index (κ2) is 8.03. The van der Waals surface area contributed by atoms with Gasteiger partial charge in [-0.25, -0.2) is 0 Å². The van der Waals surface area contributed by atoms with E-state index >= 15 is 0 Å². The van der Waals surface area contributed by atoms with Crippen molar-refractivity contribution in [3.8, 4) is 5.75 Å². The fourth-order valence-corrected chi connectivity index (χ4v) is 1.74. The van der Waals surface area contributed by atoms with Gasteiger partial charge in [0, 0.05) is 13.5 Å². The van der Waals surface area contributed by atoms with Crippen molar-refractivity contribution in [3.05, 3.63) is 23.8 Å². The Labute approximate surface area is 127 Å². The molecular formula is C15H20F3NO3. The van der Waals surface area contributed by atoms with E-state index in [2.05, 4.69) is 5.32 Å². The Kier molecular flexibility index (Phi) is 6.67. The Morgan fingerprint density at radius 3 is 2.50 bits per heavy atom. The van der Waals surface area contributed by atoms with Crippen molar-refractivity contribution in [2.24, 2.45) is 5.92 Å². The van der Waals surface area contributed by atoms with Gasteiger partial charge in [0.2, 0.25) is 5.91 Å². The van der Waals surface area contributed by atoms with Crippen molar-refractivity contribution < 1.29 is 27.4 Å². The second-order valence-corrected chi connectivity index (χ2v) is 5.20. The van der Waals surface area contributed by atoms with E-state index in [4.69, 9.17) is 9.47 Å². The zero-order chi connectivity index (χ0) is 16.8. The molecule has 22 heavy (non-hydrogen) atoms. The quantitative estimate of drug-likeness (QED) is 0.779. The molecule has 0 saturated carbocycles. The van der Waals surface area contributed by atoms with Crippen LogP contribution in [0.5, 0.6) is 5.75 Å². The summed E-state index contributed by atoms with van der Waals surface area (Å²) in [5.74, 6) is -0.0725. The Bertz CT molecular complexity index is 501. The lowest BCUT2D eigenvalue weighted by Crippen LogP contribution is -2.16. The van der Waals surface area contributed by atoms with E-state index in [-0.39, 0.29) is 36.3 Å². The predicted octanol–water partition coefficient (Wildman–Crippen LogP) is 3.72. The number of alkyl halides is 3. The first-order valence-electron chi connectivity index (χ1n) is 6.87. The number of carbonyl (C=O) groups is 1. The van der Waals surface area contributed by atoms with Crippen LogP contribution in [0, 0.1) is 5.92 Å². The molecule has 1 aromatic carbocycles. The molecule has 0 heterocycles. The molecule has 124 valence electrons. The first kappa shape index (κ1) is 18.3. The van der Waals surface area contributed by atoms with Gasteiger partial charge in [-0.2, -0.15) is 13.2 Å². The summed E-state index contributed by atoms with van der Waals surface area (Å²) >= 11 is 0. The standard InChI is InChI=1S/C15H20F3NO3/c1-10(2)8-14(20)19-12-9-11(15(16,17)18)4-5-13(12)22-7-6-21-3/h4-5,9-10H,6-8H2,1-3H3,(H,19,20). The van der Waals surface area contributed by atoms with E-state index in [1.54, 1.807) is 0 Å². The zero-order valence-corrected chi connectivity index (χ0v) is 12.8. The number of hydrogen-bond donors (Lipinski definition) is 1. The largest absolute Gasteiger partial charge is 0.489 e. The van der Waals surface area contributed by atoms with Crippen molar-refractivity contribution in [1.29, 1.82) is 0 Å². The van der Waals surface area contributed by atoms with Crippen molar-refractivity contribution in [3.63, 3.8) is 0 Å². The van der Waals surface area contributed by atoms with Gasteiger partial charge in [-0.3, -0.25) is 4.79 Å². The summed E-state index contributed by atoms with van der Waals surface area (Å²) in [6.07, 6.45) is -4.27. The zero-order valence-electron chi connectivity index (χ0n) is 12.8. The van der Waals surface area contributed by atoms with Gasteiger partial charge in [-0.1, -0.05) is 13.8 Å². The van der Waals surface area contributed by atoms with E-state index in [1.165, 1.54) is 13.2 Å². The fraction of sp³-hybridized carbons (Fsp3) is 0.533. The summed E-state index contributed by atoms with van der Waals surface area (Å²) < 4.78 is 48.5. The average molecular weight is 319 g/mol. The fourth-order valence-electron chi connectivity index (χ4n) is 1.74. The second-order valence-electron chi connectivity index (χ2n) is 5.20. The molecule has 1 rings (SSSR count). The molecule has 1 aromatic rings. The van der Waals surface area contributed by atoms with Crippen molar-refractivity contribution >= 4 is 11.6 Å². The number of rotatable bonds is 7. The highest BCUT2D eigenvalue weighted by molar-refractivity contribution is 5.92. The molecule has 0 saturated heterocycles. The van der Waals surface area contributed by atoms with Crippen LogP contribution in [-0.2, 0) is 15.7 Å². The SMILES string of the molecule is COCCOc1ccc(C(F)(F)F)cc1NC(=O)CC(C)C. The molecule has 0 bridgehead atoms. The molecule has 0 aromatic heterocycles. The minimum absolute atomic E-state index is 0.0107. The van der Waals surface area contributed by atoms with Gasteiger partial charge >= 0.3 is 6.18 Å². The third-order valence-electron chi connectivity index (χ3n) is 2.72. The van der Waals surface area contributed by atoms with Crippen LogP contribution >= 0.6 is 0 Å². The van der Waals surface area contributed by atoms with Crippen LogP contribution in [0.2, 0.25) is 0 Å². The van der Waals surface area contributed by atoms with Gasteiger partial charge in [-0.15, -0.1) is 0 Å². The Balaban J connectivity index is 2.97. The first-order chi connectivity index (χ1) is 10.2. The summed E-state index contributed by atoms with van der Waals surface area (Å²) in [7, 11) is 1.49. The molecule has 4 nitrogen and oxygen atoms in total. The monoisotopic (exact) mass is 319 g/mol. The maximum absolute atomic E-state index is 12.8. The van der Waals surface area contributed by atoms with Gasteiger partial charge in [-0.05, 0) is 24.1 Å². The van der Waals surface area contributed by atoms with E-state index < -0.39 is 11.7 Å². The third-order valence-corrected chi connectivity index (χ3v) is 2.72. The number of halogens is 3. The van der Waals surface area contributed by atoms with Gasteiger partial charge in [0.25, 0.3) is 0 Å². The van der Waals surface area contributed by atoms with Gasteiger partial charge in [0.15, 0.2) is 0 Å². The summed E-state index contributed by atoms with van der Waals surface area (Å²) in [4.78, 5) is 11.8. The highest BCUT2D eigenvalue weighted by Gasteiger charge is 2.31. The minimum atomic E-state index is -4.48. The molecule has 7 heteroatoms. The van der Waals surface area contributed by atoms with E-state index in [0.29, 0.717) is 6.61 Å². The smallest absolute Gasteiger partial charge is 0.416 e. The van der Waals surface area contributed by atoms with Gasteiger partial charge < -0.3 is 14.8 Å². The van der Waals surface area contributed by atoms with Crippen LogP contribution < -0.4 is 10.1 Å². The van der Waals surface area contributed by atoms with Crippen molar-refractivity contribution in [2.75, 3.05) is 25.6 Å². The van der Waals surface area contributed by atoms with Crippen molar-refractivity contribution in [2.45, 2.75) is 26.4 Å². The molecule has 0 atom stereocenters. The summed E-state index contributed by atoms with van der Waals surface area (Å²) in [6.45, 7) is 4.17. The molecule has 1 N–H and O–H groups in total. The van der Waals surface area contributed by atoms with Crippen LogP contribution in [0.15, 0.2) is 18.2 Å². The number of nitrogens with one attached hydrogen (secondary N) is 1. The van der Waals surface area contributed by atoms with Crippen LogP contribution in [-0.4, -0.2) is 26.2 Å². The molecule has 1 amide bonds. The maximum Gasteiger partial charge on any atom is 0.416 e. The van der Waals surface area contributed by atoms with E-state index in [0.717, 1.165) is 12.1 Å². The minimum Gasteiger partial charge on any atom is -0.489 e. The highest BCUT2D eigenvalue weighted by Crippen LogP contribution is 2.35. The Hall–Kier alpha value is -1.76. The van der Waals surface area contributed by atoms with Gasteiger partial charge in [0.1, 0.15) is 12.4 Å². The number of anilines is 1. The highest BCUT2D eigenvalue weighted by atomic mass is 19.4. The Morgan fingerprint density at radius 2 is 1.95 bits per heavy atom. The molecule has 0 unspecified atom stereocenters. The lowest BCUT2D eigenvalue weighted by Gasteiger charge is -2.15. The predicted molar refractivity (Wildman–Crippen MR) is 76.9 cm³/mol. The number of methoxy groups -OCH3 is 1. The molecule has 0 fully saturated rings. The molecule has 0 aliphatic rings.